The number of nitrogens with one attached hydrogen (secondary N) is 1. The standard InChI is InChI=1S/C32H38N4O4/c1-4-5-6-11-21-35(32(39)34-27-19-12-15-24-14-7-8-16-25(24)27)23(2)30-33-28-18-10-9-17-26(28)31(38)36(30)22-13-20-29(37)40-3/h7-10,12,14-19,23H,4-6,11,13,20-22H2,1-3H3,(H,34,39). The largest absolute Gasteiger partial charge is 0.469 e. The molecule has 210 valence electrons. The summed E-state index contributed by atoms with van der Waals surface area (Å²) in [6.07, 6.45) is 4.61. The van der Waals surface area contributed by atoms with E-state index in [0.717, 1.165) is 42.1 Å². The molecule has 1 heterocycles. The first-order valence-electron chi connectivity index (χ1n) is 14.1. The number of unbranched alkanes of at least 4 members (excludes halogenated alkanes) is 3. The molecule has 8 nitrogen and oxygen atoms in total. The maximum absolute atomic E-state index is 13.9. The zero-order chi connectivity index (χ0) is 28.5. The van der Waals surface area contributed by atoms with Crippen LogP contribution in [0.25, 0.3) is 21.7 Å². The number of carbonyl (C=O) groups excluding carboxylic acids is 2. The molecule has 0 saturated heterocycles. The van der Waals surface area contributed by atoms with Crippen molar-refractivity contribution in [1.29, 1.82) is 0 Å². The van der Waals surface area contributed by atoms with Crippen LogP contribution in [0.3, 0.4) is 0 Å². The molecule has 40 heavy (non-hydrogen) atoms. The summed E-state index contributed by atoms with van der Waals surface area (Å²) in [5.41, 5.74) is 1.13. The minimum atomic E-state index is -0.493. The van der Waals surface area contributed by atoms with Crippen molar-refractivity contribution in [2.24, 2.45) is 0 Å². The number of hydrogen-bond acceptors (Lipinski definition) is 5. The lowest BCUT2D eigenvalue weighted by molar-refractivity contribution is -0.140. The topological polar surface area (TPSA) is 93.5 Å². The van der Waals surface area contributed by atoms with Crippen molar-refractivity contribution in [3.8, 4) is 0 Å². The molecule has 2 amide bonds. The molecule has 8 heteroatoms. The second-order valence-corrected chi connectivity index (χ2v) is 10.0. The van der Waals surface area contributed by atoms with E-state index in [1.807, 2.05) is 67.6 Å². The summed E-state index contributed by atoms with van der Waals surface area (Å²) < 4.78 is 6.40. The number of esters is 1. The third-order valence-corrected chi connectivity index (χ3v) is 7.27. The van der Waals surface area contributed by atoms with Gasteiger partial charge in [0, 0.05) is 24.9 Å². The van der Waals surface area contributed by atoms with Gasteiger partial charge >= 0.3 is 12.0 Å². The van der Waals surface area contributed by atoms with E-state index >= 15 is 0 Å². The van der Waals surface area contributed by atoms with Crippen LogP contribution in [0.4, 0.5) is 10.5 Å². The fourth-order valence-electron chi connectivity index (χ4n) is 5.04. The number of ether oxygens (including phenoxy) is 1. The van der Waals surface area contributed by atoms with Crippen molar-refractivity contribution >= 4 is 39.4 Å². The fourth-order valence-corrected chi connectivity index (χ4v) is 5.04. The molecular weight excluding hydrogens is 504 g/mol. The summed E-state index contributed by atoms with van der Waals surface area (Å²) in [6.45, 7) is 4.87. The van der Waals surface area contributed by atoms with Crippen LogP contribution >= 0.6 is 0 Å². The highest BCUT2D eigenvalue weighted by Gasteiger charge is 2.26. The molecule has 1 atom stereocenters. The average Bonchev–Trinajstić information content (AvgIpc) is 2.98. The van der Waals surface area contributed by atoms with Crippen LogP contribution in [0.2, 0.25) is 0 Å². The number of hydrogen-bond donors (Lipinski definition) is 1. The Labute approximate surface area is 235 Å². The van der Waals surface area contributed by atoms with Crippen LogP contribution in [-0.2, 0) is 16.1 Å². The van der Waals surface area contributed by atoms with E-state index < -0.39 is 6.04 Å². The van der Waals surface area contributed by atoms with Gasteiger partial charge in [0.15, 0.2) is 0 Å². The van der Waals surface area contributed by atoms with Crippen LogP contribution in [0.1, 0.15) is 64.2 Å². The van der Waals surface area contributed by atoms with E-state index in [1.165, 1.54) is 7.11 Å². The minimum absolute atomic E-state index is 0.183. The monoisotopic (exact) mass is 542 g/mol. The molecule has 0 aliphatic rings. The molecule has 1 unspecified atom stereocenters. The number of urea groups is 1. The predicted molar refractivity (Wildman–Crippen MR) is 159 cm³/mol. The van der Waals surface area contributed by atoms with Crippen molar-refractivity contribution in [3.05, 3.63) is 82.9 Å². The summed E-state index contributed by atoms with van der Waals surface area (Å²) >= 11 is 0. The molecule has 4 aromatic rings. The SMILES string of the molecule is CCCCCCN(C(=O)Nc1cccc2ccccc12)C(C)c1nc2ccccc2c(=O)n1CCCC(=O)OC. The lowest BCUT2D eigenvalue weighted by Gasteiger charge is -2.31. The first-order chi connectivity index (χ1) is 19.4. The van der Waals surface area contributed by atoms with Crippen LogP contribution in [0.15, 0.2) is 71.5 Å². The quantitative estimate of drug-likeness (QED) is 0.159. The van der Waals surface area contributed by atoms with Crippen LogP contribution in [0.5, 0.6) is 0 Å². The van der Waals surface area contributed by atoms with E-state index in [2.05, 4.69) is 12.2 Å². The van der Waals surface area contributed by atoms with Crippen molar-refractivity contribution < 1.29 is 14.3 Å². The number of benzene rings is 3. The molecule has 0 aliphatic heterocycles. The number of amides is 2. The summed E-state index contributed by atoms with van der Waals surface area (Å²) in [5.74, 6) is 0.167. The second-order valence-electron chi connectivity index (χ2n) is 10.0. The minimum Gasteiger partial charge on any atom is -0.469 e. The van der Waals surface area contributed by atoms with Gasteiger partial charge in [0.05, 0.1) is 29.7 Å². The van der Waals surface area contributed by atoms with Gasteiger partial charge in [-0.25, -0.2) is 9.78 Å². The molecule has 0 saturated carbocycles. The molecule has 0 fully saturated rings. The van der Waals surface area contributed by atoms with Gasteiger partial charge in [-0.1, -0.05) is 74.7 Å². The van der Waals surface area contributed by atoms with Gasteiger partial charge in [-0.3, -0.25) is 14.2 Å². The van der Waals surface area contributed by atoms with Crippen LogP contribution < -0.4 is 10.9 Å². The van der Waals surface area contributed by atoms with E-state index in [4.69, 9.17) is 9.72 Å². The number of aromatic nitrogens is 2. The number of para-hydroxylation sites is 1. The predicted octanol–water partition coefficient (Wildman–Crippen LogP) is 6.68. The number of fused-ring (bicyclic) bond motifs is 2. The van der Waals surface area contributed by atoms with E-state index in [-0.39, 0.29) is 24.0 Å². The molecule has 0 aliphatic carbocycles. The van der Waals surface area contributed by atoms with Gasteiger partial charge in [-0.05, 0) is 43.4 Å². The summed E-state index contributed by atoms with van der Waals surface area (Å²) in [5, 5.41) is 5.63. The first kappa shape index (κ1) is 28.8. The number of methoxy groups -OCH3 is 1. The van der Waals surface area contributed by atoms with Crippen LogP contribution in [0, 0.1) is 0 Å². The zero-order valence-electron chi connectivity index (χ0n) is 23.6. The molecule has 0 spiro atoms. The summed E-state index contributed by atoms with van der Waals surface area (Å²) in [6, 6.07) is 20.3. The normalized spacial score (nSPS) is 11.9. The number of anilines is 1. The van der Waals surface area contributed by atoms with Crippen molar-refractivity contribution in [1.82, 2.24) is 14.5 Å². The zero-order valence-corrected chi connectivity index (χ0v) is 23.6. The first-order valence-corrected chi connectivity index (χ1v) is 14.1. The Bertz CT molecular complexity index is 1530. The molecule has 3 aromatic carbocycles. The average molecular weight is 543 g/mol. The van der Waals surface area contributed by atoms with Gasteiger partial charge in [0.25, 0.3) is 5.56 Å². The Balaban J connectivity index is 1.71. The number of rotatable bonds is 12. The Morgan fingerprint density at radius 1 is 0.950 bits per heavy atom. The van der Waals surface area contributed by atoms with Crippen LogP contribution in [-0.4, -0.2) is 40.1 Å². The van der Waals surface area contributed by atoms with Crippen molar-refractivity contribution in [2.45, 2.75) is 65.0 Å². The summed E-state index contributed by atoms with van der Waals surface area (Å²) in [4.78, 5) is 45.9. The highest BCUT2D eigenvalue weighted by Crippen LogP contribution is 2.26. The maximum atomic E-state index is 13.9. The fraction of sp³-hybridized carbons (Fsp3) is 0.375. The van der Waals surface area contributed by atoms with Gasteiger partial charge < -0.3 is 15.0 Å². The van der Waals surface area contributed by atoms with E-state index in [9.17, 15) is 14.4 Å². The molecule has 1 N–H and O–H groups in total. The maximum Gasteiger partial charge on any atom is 0.322 e. The van der Waals surface area contributed by atoms with Gasteiger partial charge in [-0.2, -0.15) is 0 Å². The van der Waals surface area contributed by atoms with Gasteiger partial charge in [0.1, 0.15) is 5.82 Å². The third kappa shape index (κ3) is 6.68. The lowest BCUT2D eigenvalue weighted by Crippen LogP contribution is -2.40. The molecule has 1 aromatic heterocycles. The smallest absolute Gasteiger partial charge is 0.322 e. The highest BCUT2D eigenvalue weighted by molar-refractivity contribution is 6.01. The number of carbonyl (C=O) groups is 2. The number of nitrogens with zero attached hydrogens (tertiary/aromatic N) is 3. The lowest BCUT2D eigenvalue weighted by atomic mass is 10.1. The van der Waals surface area contributed by atoms with E-state index in [0.29, 0.717) is 36.2 Å². The molecular formula is C32H38N4O4. The molecule has 4 rings (SSSR count). The Kier molecular flexibility index (Phi) is 9.89. The second kappa shape index (κ2) is 13.7. The Hall–Kier alpha value is -4.20. The summed E-state index contributed by atoms with van der Waals surface area (Å²) in [7, 11) is 1.35. The third-order valence-electron chi connectivity index (χ3n) is 7.27. The van der Waals surface area contributed by atoms with Gasteiger partial charge in [0.2, 0.25) is 0 Å². The van der Waals surface area contributed by atoms with Gasteiger partial charge in [-0.15, -0.1) is 0 Å². The van der Waals surface area contributed by atoms with Crippen molar-refractivity contribution in [2.75, 3.05) is 19.0 Å². The Morgan fingerprint density at radius 3 is 2.45 bits per heavy atom. The molecule has 0 bridgehead atoms. The molecule has 0 radical (unpaired) electrons. The Morgan fingerprint density at radius 2 is 1.68 bits per heavy atom. The van der Waals surface area contributed by atoms with E-state index in [1.54, 1.807) is 15.5 Å². The van der Waals surface area contributed by atoms with Crippen molar-refractivity contribution in [3.63, 3.8) is 0 Å². The highest BCUT2D eigenvalue weighted by atomic mass is 16.5.